The molecular formula is C13H22N2O2S. The van der Waals surface area contributed by atoms with E-state index in [0.717, 1.165) is 35.8 Å². The van der Waals surface area contributed by atoms with E-state index in [2.05, 4.69) is 30.7 Å². The molecule has 102 valence electrons. The average Bonchev–Trinajstić information content (AvgIpc) is 2.71. The SMILES string of the molecule is CCCCN(c1nc(C(=O)O)c(C)s1)C(C)CC. The van der Waals surface area contributed by atoms with Crippen molar-refractivity contribution >= 4 is 22.4 Å². The molecule has 18 heavy (non-hydrogen) atoms. The van der Waals surface area contributed by atoms with Gasteiger partial charge in [0.15, 0.2) is 10.8 Å². The average molecular weight is 270 g/mol. The van der Waals surface area contributed by atoms with Gasteiger partial charge in [0.05, 0.1) is 0 Å². The molecule has 1 atom stereocenters. The summed E-state index contributed by atoms with van der Waals surface area (Å²) in [6.45, 7) is 9.22. The first-order valence-electron chi connectivity index (χ1n) is 6.48. The van der Waals surface area contributed by atoms with Crippen molar-refractivity contribution in [3.05, 3.63) is 10.6 Å². The van der Waals surface area contributed by atoms with Crippen LogP contribution in [0.1, 0.15) is 55.4 Å². The Hall–Kier alpha value is -1.10. The van der Waals surface area contributed by atoms with Gasteiger partial charge in [-0.05, 0) is 26.7 Å². The van der Waals surface area contributed by atoms with Gasteiger partial charge in [-0.1, -0.05) is 20.3 Å². The molecule has 0 saturated carbocycles. The Balaban J connectivity index is 2.97. The van der Waals surface area contributed by atoms with Gasteiger partial charge in [0.2, 0.25) is 0 Å². The van der Waals surface area contributed by atoms with E-state index in [9.17, 15) is 4.79 Å². The Morgan fingerprint density at radius 1 is 1.50 bits per heavy atom. The lowest BCUT2D eigenvalue weighted by molar-refractivity contribution is 0.0690. The molecule has 0 bridgehead atoms. The first-order chi connectivity index (χ1) is 8.51. The molecule has 0 spiro atoms. The van der Waals surface area contributed by atoms with E-state index in [1.807, 2.05) is 6.92 Å². The smallest absolute Gasteiger partial charge is 0.355 e. The standard InChI is InChI=1S/C13H22N2O2S/c1-5-7-8-15(9(3)6-2)13-14-11(12(16)17)10(4)18-13/h9H,5-8H2,1-4H3,(H,16,17). The van der Waals surface area contributed by atoms with Crippen LogP contribution in [-0.2, 0) is 0 Å². The second-order valence-corrected chi connectivity index (χ2v) is 5.69. The molecule has 1 aromatic heterocycles. The van der Waals surface area contributed by atoms with Crippen LogP contribution in [0.25, 0.3) is 0 Å². The van der Waals surface area contributed by atoms with E-state index < -0.39 is 5.97 Å². The Morgan fingerprint density at radius 3 is 2.61 bits per heavy atom. The molecule has 0 amide bonds. The zero-order chi connectivity index (χ0) is 13.7. The lowest BCUT2D eigenvalue weighted by atomic mass is 10.2. The van der Waals surface area contributed by atoms with Crippen LogP contribution in [0.4, 0.5) is 5.13 Å². The predicted molar refractivity (Wildman–Crippen MR) is 75.8 cm³/mol. The van der Waals surface area contributed by atoms with Crippen molar-refractivity contribution in [3.63, 3.8) is 0 Å². The Labute approximate surface area is 113 Å². The van der Waals surface area contributed by atoms with Gasteiger partial charge in [0.1, 0.15) is 0 Å². The summed E-state index contributed by atoms with van der Waals surface area (Å²) in [5.74, 6) is -0.936. The van der Waals surface area contributed by atoms with E-state index in [4.69, 9.17) is 5.11 Å². The minimum absolute atomic E-state index is 0.194. The minimum Gasteiger partial charge on any atom is -0.476 e. The predicted octanol–water partition coefficient (Wildman–Crippen LogP) is 3.55. The van der Waals surface area contributed by atoms with E-state index in [0.29, 0.717) is 6.04 Å². The number of aromatic nitrogens is 1. The van der Waals surface area contributed by atoms with Gasteiger partial charge in [-0.15, -0.1) is 11.3 Å². The summed E-state index contributed by atoms with van der Waals surface area (Å²) in [4.78, 5) is 18.3. The van der Waals surface area contributed by atoms with Crippen LogP contribution < -0.4 is 4.90 Å². The van der Waals surface area contributed by atoms with Crippen LogP contribution >= 0.6 is 11.3 Å². The summed E-state index contributed by atoms with van der Waals surface area (Å²) in [6, 6.07) is 0.392. The van der Waals surface area contributed by atoms with Gasteiger partial charge in [-0.3, -0.25) is 0 Å². The van der Waals surface area contributed by atoms with Gasteiger partial charge >= 0.3 is 5.97 Å². The Morgan fingerprint density at radius 2 is 2.17 bits per heavy atom. The third kappa shape index (κ3) is 3.45. The first kappa shape index (κ1) is 15.0. The van der Waals surface area contributed by atoms with Crippen LogP contribution in [-0.4, -0.2) is 28.6 Å². The number of nitrogens with zero attached hydrogens (tertiary/aromatic N) is 2. The molecule has 1 heterocycles. The summed E-state index contributed by atoms with van der Waals surface area (Å²) < 4.78 is 0. The summed E-state index contributed by atoms with van der Waals surface area (Å²) in [5.41, 5.74) is 0.194. The molecule has 5 heteroatoms. The number of carboxylic acid groups (broad SMARTS) is 1. The number of hydrogen-bond donors (Lipinski definition) is 1. The number of carboxylic acids is 1. The number of aryl methyl sites for hydroxylation is 1. The Kier molecular flexibility index (Phi) is 5.59. The number of rotatable bonds is 7. The van der Waals surface area contributed by atoms with Crippen molar-refractivity contribution in [2.75, 3.05) is 11.4 Å². The third-order valence-corrected chi connectivity index (χ3v) is 4.12. The van der Waals surface area contributed by atoms with Gasteiger partial charge in [-0.2, -0.15) is 0 Å². The van der Waals surface area contributed by atoms with Crippen molar-refractivity contribution < 1.29 is 9.90 Å². The number of carbonyl (C=O) groups is 1. The largest absolute Gasteiger partial charge is 0.476 e. The first-order valence-corrected chi connectivity index (χ1v) is 7.30. The van der Waals surface area contributed by atoms with E-state index in [1.54, 1.807) is 0 Å². The summed E-state index contributed by atoms with van der Waals surface area (Å²) in [7, 11) is 0. The van der Waals surface area contributed by atoms with Crippen LogP contribution in [0.15, 0.2) is 0 Å². The zero-order valence-electron chi connectivity index (χ0n) is 11.6. The van der Waals surface area contributed by atoms with Gasteiger partial charge in [-0.25, -0.2) is 9.78 Å². The summed E-state index contributed by atoms with van der Waals surface area (Å²) in [6.07, 6.45) is 3.26. The van der Waals surface area contributed by atoms with Gasteiger partial charge in [0, 0.05) is 17.5 Å². The quantitative estimate of drug-likeness (QED) is 0.823. The number of unbranched alkanes of at least 4 members (excludes halogenated alkanes) is 1. The second-order valence-electron chi connectivity index (χ2n) is 4.51. The van der Waals surface area contributed by atoms with Crippen molar-refractivity contribution in [1.29, 1.82) is 0 Å². The fourth-order valence-electron chi connectivity index (χ4n) is 1.76. The summed E-state index contributed by atoms with van der Waals surface area (Å²) >= 11 is 1.48. The van der Waals surface area contributed by atoms with E-state index in [-0.39, 0.29) is 5.69 Å². The maximum atomic E-state index is 11.0. The molecule has 0 aliphatic carbocycles. The van der Waals surface area contributed by atoms with Gasteiger partial charge in [0.25, 0.3) is 0 Å². The molecule has 0 aromatic carbocycles. The second kappa shape index (κ2) is 6.73. The topological polar surface area (TPSA) is 53.4 Å². The van der Waals surface area contributed by atoms with Crippen molar-refractivity contribution in [2.45, 2.75) is 53.0 Å². The third-order valence-electron chi connectivity index (χ3n) is 3.11. The molecule has 0 fully saturated rings. The highest BCUT2D eigenvalue weighted by Gasteiger charge is 2.20. The minimum atomic E-state index is -0.936. The van der Waals surface area contributed by atoms with Gasteiger partial charge < -0.3 is 10.0 Å². The number of hydrogen-bond acceptors (Lipinski definition) is 4. The molecule has 0 radical (unpaired) electrons. The molecule has 1 rings (SSSR count). The van der Waals surface area contributed by atoms with Crippen molar-refractivity contribution in [3.8, 4) is 0 Å². The van der Waals surface area contributed by atoms with Crippen molar-refractivity contribution in [2.24, 2.45) is 0 Å². The van der Waals surface area contributed by atoms with E-state index in [1.165, 1.54) is 11.3 Å². The van der Waals surface area contributed by atoms with Crippen molar-refractivity contribution in [1.82, 2.24) is 4.98 Å². The maximum Gasteiger partial charge on any atom is 0.355 e. The number of thiazole rings is 1. The number of aromatic carboxylic acids is 1. The van der Waals surface area contributed by atoms with Crippen LogP contribution in [0.3, 0.4) is 0 Å². The molecule has 0 saturated heterocycles. The maximum absolute atomic E-state index is 11.0. The normalized spacial score (nSPS) is 12.4. The number of anilines is 1. The highest BCUT2D eigenvalue weighted by Crippen LogP contribution is 2.28. The lowest BCUT2D eigenvalue weighted by Gasteiger charge is -2.28. The molecule has 4 nitrogen and oxygen atoms in total. The Bertz CT molecular complexity index is 404. The summed E-state index contributed by atoms with van der Waals surface area (Å²) in [5, 5.41) is 9.90. The zero-order valence-corrected chi connectivity index (χ0v) is 12.4. The van der Waals surface area contributed by atoms with E-state index >= 15 is 0 Å². The molecular weight excluding hydrogens is 248 g/mol. The fourth-order valence-corrected chi connectivity index (χ4v) is 2.79. The monoisotopic (exact) mass is 270 g/mol. The molecule has 1 N–H and O–H groups in total. The van der Waals surface area contributed by atoms with Crippen LogP contribution in [0.5, 0.6) is 0 Å². The lowest BCUT2D eigenvalue weighted by Crippen LogP contribution is -2.33. The van der Waals surface area contributed by atoms with Crippen LogP contribution in [0.2, 0.25) is 0 Å². The molecule has 0 aliphatic heterocycles. The van der Waals surface area contributed by atoms with Crippen LogP contribution in [0, 0.1) is 6.92 Å². The highest BCUT2D eigenvalue weighted by molar-refractivity contribution is 7.15. The molecule has 1 aromatic rings. The molecule has 1 unspecified atom stereocenters. The highest BCUT2D eigenvalue weighted by atomic mass is 32.1. The fraction of sp³-hybridized carbons (Fsp3) is 0.692. The molecule has 0 aliphatic rings.